The summed E-state index contributed by atoms with van der Waals surface area (Å²) in [4.78, 5) is 36.4. The van der Waals surface area contributed by atoms with E-state index in [2.05, 4.69) is 10.6 Å². The summed E-state index contributed by atoms with van der Waals surface area (Å²) in [6.45, 7) is 6.00. The highest BCUT2D eigenvalue weighted by atomic mass is 19.1. The SMILES string of the molecule is CCOC(=O)CCNC(=O)c1ccc(C2=CC(=C3C(=O)Nc4cc(F)ccc43)OC2(C)C)cc1. The molecule has 4 rings (SSSR count). The number of carbonyl (C=O) groups is 3. The molecule has 0 atom stereocenters. The first-order valence-electron chi connectivity index (χ1n) is 11.0. The number of rotatable bonds is 6. The lowest BCUT2D eigenvalue weighted by Crippen LogP contribution is -2.26. The molecule has 2 aliphatic heterocycles. The van der Waals surface area contributed by atoms with Gasteiger partial charge in [0.05, 0.1) is 24.3 Å². The molecule has 0 aliphatic carbocycles. The van der Waals surface area contributed by atoms with Crippen molar-refractivity contribution in [2.75, 3.05) is 18.5 Å². The molecule has 0 saturated heterocycles. The number of anilines is 1. The van der Waals surface area contributed by atoms with Crippen molar-refractivity contribution in [2.24, 2.45) is 0 Å². The minimum Gasteiger partial charge on any atom is -0.482 e. The Hall–Kier alpha value is -3.94. The second-order valence-corrected chi connectivity index (χ2v) is 8.44. The zero-order valence-corrected chi connectivity index (χ0v) is 19.2. The molecule has 0 radical (unpaired) electrons. The molecule has 0 aromatic heterocycles. The fourth-order valence-electron chi connectivity index (χ4n) is 4.02. The highest BCUT2D eigenvalue weighted by molar-refractivity contribution is 6.32. The van der Waals surface area contributed by atoms with Gasteiger partial charge in [0.25, 0.3) is 11.8 Å². The van der Waals surface area contributed by atoms with E-state index < -0.39 is 11.4 Å². The van der Waals surface area contributed by atoms with Crippen molar-refractivity contribution in [1.29, 1.82) is 0 Å². The molecule has 0 fully saturated rings. The predicted octanol–water partition coefficient (Wildman–Crippen LogP) is 4.06. The van der Waals surface area contributed by atoms with E-state index in [9.17, 15) is 18.8 Å². The molecular formula is C26H25FN2O5. The summed E-state index contributed by atoms with van der Waals surface area (Å²) in [7, 11) is 0. The van der Waals surface area contributed by atoms with E-state index in [-0.39, 0.29) is 30.7 Å². The van der Waals surface area contributed by atoms with E-state index >= 15 is 0 Å². The van der Waals surface area contributed by atoms with Gasteiger partial charge >= 0.3 is 5.97 Å². The zero-order valence-electron chi connectivity index (χ0n) is 19.2. The first-order valence-corrected chi connectivity index (χ1v) is 11.0. The quantitative estimate of drug-likeness (QED) is 0.497. The number of hydrogen-bond donors (Lipinski definition) is 2. The third kappa shape index (κ3) is 4.57. The zero-order chi connectivity index (χ0) is 24.5. The normalized spacial score (nSPS) is 18.0. The fourth-order valence-corrected chi connectivity index (χ4v) is 4.02. The van der Waals surface area contributed by atoms with Gasteiger partial charge in [-0.25, -0.2) is 4.39 Å². The lowest BCUT2D eigenvalue weighted by Gasteiger charge is -2.23. The Labute approximate surface area is 196 Å². The summed E-state index contributed by atoms with van der Waals surface area (Å²) < 4.78 is 24.5. The van der Waals surface area contributed by atoms with Crippen LogP contribution in [0.1, 0.15) is 48.7 Å². The number of ether oxygens (including phenoxy) is 2. The van der Waals surface area contributed by atoms with Crippen molar-refractivity contribution in [3.63, 3.8) is 0 Å². The largest absolute Gasteiger partial charge is 0.482 e. The molecule has 0 saturated carbocycles. The van der Waals surface area contributed by atoms with Gasteiger partial charge in [-0.05, 0) is 62.7 Å². The average molecular weight is 464 g/mol. The lowest BCUT2D eigenvalue weighted by molar-refractivity contribution is -0.142. The minimum absolute atomic E-state index is 0.108. The number of fused-ring (bicyclic) bond motifs is 1. The van der Waals surface area contributed by atoms with Crippen LogP contribution in [0.25, 0.3) is 11.1 Å². The van der Waals surface area contributed by atoms with Crippen molar-refractivity contribution in [2.45, 2.75) is 32.8 Å². The fraction of sp³-hybridized carbons (Fsp3) is 0.269. The molecule has 2 heterocycles. The molecule has 8 heteroatoms. The minimum atomic E-state index is -0.727. The van der Waals surface area contributed by atoms with E-state index in [0.29, 0.717) is 34.8 Å². The van der Waals surface area contributed by atoms with Crippen LogP contribution in [0, 0.1) is 5.82 Å². The maximum absolute atomic E-state index is 13.6. The number of hydrogen-bond acceptors (Lipinski definition) is 5. The van der Waals surface area contributed by atoms with E-state index in [1.807, 2.05) is 32.1 Å². The summed E-state index contributed by atoms with van der Waals surface area (Å²) in [5, 5.41) is 5.38. The number of esters is 1. The van der Waals surface area contributed by atoms with E-state index in [0.717, 1.165) is 11.1 Å². The van der Waals surface area contributed by atoms with Crippen molar-refractivity contribution in [3.8, 4) is 0 Å². The number of halogens is 1. The summed E-state index contributed by atoms with van der Waals surface area (Å²) >= 11 is 0. The van der Waals surface area contributed by atoms with E-state index in [4.69, 9.17) is 9.47 Å². The van der Waals surface area contributed by atoms with Crippen LogP contribution >= 0.6 is 0 Å². The predicted molar refractivity (Wildman–Crippen MR) is 125 cm³/mol. The van der Waals surface area contributed by atoms with Crippen molar-refractivity contribution in [3.05, 3.63) is 76.8 Å². The van der Waals surface area contributed by atoms with Crippen LogP contribution in [0.15, 0.2) is 54.3 Å². The van der Waals surface area contributed by atoms with Crippen LogP contribution < -0.4 is 10.6 Å². The van der Waals surface area contributed by atoms with Gasteiger partial charge in [-0.1, -0.05) is 12.1 Å². The Bertz CT molecular complexity index is 1230. The number of nitrogens with one attached hydrogen (secondary N) is 2. The Morgan fingerprint density at radius 2 is 1.88 bits per heavy atom. The van der Waals surface area contributed by atoms with Gasteiger partial charge in [-0.2, -0.15) is 0 Å². The third-order valence-corrected chi connectivity index (χ3v) is 5.64. The van der Waals surface area contributed by atoms with Crippen LogP contribution in [0.3, 0.4) is 0 Å². The van der Waals surface area contributed by atoms with Gasteiger partial charge in [0.15, 0.2) is 0 Å². The van der Waals surface area contributed by atoms with E-state index in [1.165, 1.54) is 12.1 Å². The molecule has 0 unspecified atom stereocenters. The lowest BCUT2D eigenvalue weighted by atomic mass is 9.91. The molecular weight excluding hydrogens is 439 g/mol. The summed E-state index contributed by atoms with van der Waals surface area (Å²) in [6.07, 6.45) is 1.92. The molecule has 0 bridgehead atoms. The number of carbonyl (C=O) groups excluding carboxylic acids is 3. The van der Waals surface area contributed by atoms with Gasteiger partial charge in [0.2, 0.25) is 0 Å². The molecule has 2 amide bonds. The van der Waals surface area contributed by atoms with Crippen molar-refractivity contribution < 1.29 is 28.2 Å². The summed E-state index contributed by atoms with van der Waals surface area (Å²) in [5.74, 6) is -1.02. The first-order chi connectivity index (χ1) is 16.2. The Morgan fingerprint density at radius 1 is 1.15 bits per heavy atom. The van der Waals surface area contributed by atoms with Gasteiger partial charge in [0, 0.05) is 23.2 Å². The summed E-state index contributed by atoms with van der Waals surface area (Å²) in [6, 6.07) is 11.1. The van der Waals surface area contributed by atoms with Gasteiger partial charge in [-0.15, -0.1) is 0 Å². The third-order valence-electron chi connectivity index (χ3n) is 5.64. The van der Waals surface area contributed by atoms with Crippen LogP contribution in [0.2, 0.25) is 0 Å². The topological polar surface area (TPSA) is 93.7 Å². The molecule has 0 spiro atoms. The van der Waals surface area contributed by atoms with Crippen LogP contribution in [-0.4, -0.2) is 36.5 Å². The number of benzene rings is 2. The van der Waals surface area contributed by atoms with Gasteiger partial charge in [0.1, 0.15) is 17.2 Å². The van der Waals surface area contributed by atoms with Crippen molar-refractivity contribution in [1.82, 2.24) is 5.32 Å². The van der Waals surface area contributed by atoms with Gasteiger partial charge < -0.3 is 20.1 Å². The maximum atomic E-state index is 13.6. The Kier molecular flexibility index (Phi) is 6.24. The van der Waals surface area contributed by atoms with Crippen LogP contribution in [0.5, 0.6) is 0 Å². The second-order valence-electron chi connectivity index (χ2n) is 8.44. The molecule has 7 nitrogen and oxygen atoms in total. The average Bonchev–Trinajstić information content (AvgIpc) is 3.27. The highest BCUT2D eigenvalue weighted by Crippen LogP contribution is 2.44. The second kappa shape index (κ2) is 9.13. The monoisotopic (exact) mass is 464 g/mol. The smallest absolute Gasteiger partial charge is 0.307 e. The number of amides is 2. The summed E-state index contributed by atoms with van der Waals surface area (Å²) in [5.41, 5.74) is 2.76. The highest BCUT2D eigenvalue weighted by Gasteiger charge is 2.38. The Balaban J connectivity index is 1.55. The maximum Gasteiger partial charge on any atom is 0.307 e. The molecule has 2 N–H and O–H groups in total. The molecule has 2 aliphatic rings. The molecule has 2 aromatic carbocycles. The van der Waals surface area contributed by atoms with Gasteiger partial charge in [-0.3, -0.25) is 14.4 Å². The van der Waals surface area contributed by atoms with E-state index in [1.54, 1.807) is 25.1 Å². The number of allylic oxidation sites excluding steroid dienone is 1. The molecule has 2 aromatic rings. The Morgan fingerprint density at radius 3 is 2.59 bits per heavy atom. The van der Waals surface area contributed by atoms with Crippen molar-refractivity contribution >= 4 is 34.6 Å². The standard InChI is InChI=1S/C26H25FN2O5/c1-4-33-22(30)11-12-28-24(31)16-7-5-15(6-8-16)19-14-21(34-26(19,2)3)23-18-10-9-17(27)13-20(18)29-25(23)32/h5-10,13-14H,4,11-12H2,1-3H3,(H,28,31)(H,29,32). The first kappa shape index (κ1) is 23.2. The molecule has 176 valence electrons. The van der Waals surface area contributed by atoms with Crippen LogP contribution in [0.4, 0.5) is 10.1 Å². The molecule has 34 heavy (non-hydrogen) atoms. The van der Waals surface area contributed by atoms with Crippen LogP contribution in [-0.2, 0) is 19.1 Å².